The summed E-state index contributed by atoms with van der Waals surface area (Å²) in [7, 11) is -0.873. The lowest BCUT2D eigenvalue weighted by Crippen LogP contribution is -2.25. The number of allylic oxidation sites excluding steroid dienone is 1. The van der Waals surface area contributed by atoms with Crippen molar-refractivity contribution in [2.45, 2.75) is 57.9 Å². The Morgan fingerprint density at radius 3 is 2.33 bits per heavy atom. The molecule has 0 aromatic carbocycles. The first-order chi connectivity index (χ1) is 6.98. The lowest BCUT2D eigenvalue weighted by Gasteiger charge is -2.21. The van der Waals surface area contributed by atoms with Crippen LogP contribution in [0.3, 0.4) is 0 Å². The van der Waals surface area contributed by atoms with E-state index in [9.17, 15) is 0 Å². The van der Waals surface area contributed by atoms with Crippen molar-refractivity contribution in [3.05, 3.63) is 11.3 Å². The molecule has 0 saturated heterocycles. The molecule has 0 aromatic rings. The maximum atomic E-state index is 8.82. The van der Waals surface area contributed by atoms with Gasteiger partial charge in [0.05, 0.1) is 0 Å². The molecule has 0 unspecified atom stereocenters. The predicted octanol–water partition coefficient (Wildman–Crippen LogP) is 2.98. The molecule has 0 aliphatic carbocycles. The fourth-order valence-electron chi connectivity index (χ4n) is 1.82. The minimum atomic E-state index is -0.960. The van der Waals surface area contributed by atoms with E-state index in [0.29, 0.717) is 6.61 Å². The second kappa shape index (κ2) is 8.30. The zero-order valence-corrected chi connectivity index (χ0v) is 13.4. The third-order valence-corrected chi connectivity index (χ3v) is 8.30. The summed E-state index contributed by atoms with van der Waals surface area (Å²) in [6.07, 6.45) is 2.45. The molecule has 1 N–H and O–H groups in total. The molecule has 3 heteroatoms. The number of hydrogen-bond acceptors (Lipinski definition) is 1. The lowest BCUT2D eigenvalue weighted by atomic mass is 10.4. The molecular formula is C12H28OSi2. The monoisotopic (exact) mass is 244 g/mol. The quantitative estimate of drug-likeness (QED) is 0.514. The molecule has 90 valence electrons. The average Bonchev–Trinajstić information content (AvgIpc) is 2.14. The van der Waals surface area contributed by atoms with Crippen LogP contribution in [0.1, 0.15) is 26.7 Å². The molecule has 0 radical (unpaired) electrons. The van der Waals surface area contributed by atoms with Gasteiger partial charge in [0.25, 0.3) is 0 Å². The molecule has 0 amide bonds. The van der Waals surface area contributed by atoms with E-state index in [1.165, 1.54) is 30.1 Å². The summed E-state index contributed by atoms with van der Waals surface area (Å²) in [6, 6.07) is 4.23. The third kappa shape index (κ3) is 10.4. The molecule has 1 nitrogen and oxygen atoms in total. The zero-order chi connectivity index (χ0) is 11.7. The standard InChI is InChI=1S/C12H28OSi2/c1-12(2)11-14-8-6-10-15(3,4)9-5-7-13/h11,13H,5-10,14H2,1-4H3. The molecule has 0 atom stereocenters. The number of aliphatic hydroxyl groups is 1. The normalized spacial score (nSPS) is 12.3. The van der Waals surface area contributed by atoms with Crippen LogP contribution >= 0.6 is 0 Å². The van der Waals surface area contributed by atoms with Crippen molar-refractivity contribution in [3.8, 4) is 0 Å². The maximum absolute atomic E-state index is 8.82. The second-order valence-electron chi connectivity index (χ2n) is 5.52. The van der Waals surface area contributed by atoms with Gasteiger partial charge in [-0.2, -0.15) is 0 Å². The van der Waals surface area contributed by atoms with E-state index in [4.69, 9.17) is 5.11 Å². The Balaban J connectivity index is 3.52. The lowest BCUT2D eigenvalue weighted by molar-refractivity contribution is 0.294. The average molecular weight is 245 g/mol. The van der Waals surface area contributed by atoms with Crippen LogP contribution in [0.25, 0.3) is 0 Å². The molecule has 0 aliphatic heterocycles. The minimum absolute atomic E-state index is 0.0865. The summed E-state index contributed by atoms with van der Waals surface area (Å²) in [5, 5.41) is 8.82. The smallest absolute Gasteiger partial charge is 0.0474 e. The van der Waals surface area contributed by atoms with Crippen LogP contribution in [0.4, 0.5) is 0 Å². The first-order valence-corrected chi connectivity index (χ1v) is 11.5. The molecule has 0 heterocycles. The fraction of sp³-hybridized carbons (Fsp3) is 0.833. The second-order valence-corrected chi connectivity index (χ2v) is 12.5. The summed E-state index contributed by atoms with van der Waals surface area (Å²) < 4.78 is 0. The molecule has 0 spiro atoms. The van der Waals surface area contributed by atoms with E-state index in [2.05, 4.69) is 32.6 Å². The van der Waals surface area contributed by atoms with Gasteiger partial charge in [0, 0.05) is 24.2 Å². The van der Waals surface area contributed by atoms with Crippen LogP contribution in [0, 0.1) is 0 Å². The summed E-state index contributed by atoms with van der Waals surface area (Å²) in [5.41, 5.74) is 3.97. The van der Waals surface area contributed by atoms with Crippen LogP contribution in [-0.4, -0.2) is 29.3 Å². The molecule has 0 rings (SSSR count). The van der Waals surface area contributed by atoms with Crippen molar-refractivity contribution in [1.29, 1.82) is 0 Å². The van der Waals surface area contributed by atoms with Crippen molar-refractivity contribution in [1.82, 2.24) is 0 Å². The Bertz CT molecular complexity index is 184. The van der Waals surface area contributed by atoms with Gasteiger partial charge in [0.2, 0.25) is 0 Å². The van der Waals surface area contributed by atoms with E-state index in [1.54, 1.807) is 0 Å². The Kier molecular flexibility index (Phi) is 8.38. The highest BCUT2D eigenvalue weighted by Gasteiger charge is 2.18. The Morgan fingerprint density at radius 1 is 1.20 bits per heavy atom. The molecule has 0 saturated carbocycles. The van der Waals surface area contributed by atoms with E-state index >= 15 is 0 Å². The van der Waals surface area contributed by atoms with Gasteiger partial charge in [-0.05, 0) is 20.3 Å². The Morgan fingerprint density at radius 2 is 1.80 bits per heavy atom. The van der Waals surface area contributed by atoms with Gasteiger partial charge in [0.1, 0.15) is 0 Å². The Hall–Kier alpha value is 0.134. The van der Waals surface area contributed by atoms with Crippen LogP contribution < -0.4 is 0 Å². The van der Waals surface area contributed by atoms with E-state index in [1.807, 2.05) is 0 Å². The molecule has 0 aromatic heterocycles. The van der Waals surface area contributed by atoms with Crippen molar-refractivity contribution in [3.63, 3.8) is 0 Å². The largest absolute Gasteiger partial charge is 0.396 e. The molecule has 0 bridgehead atoms. The molecule has 0 aliphatic rings. The fourth-order valence-corrected chi connectivity index (χ4v) is 6.21. The topological polar surface area (TPSA) is 20.2 Å². The highest BCUT2D eigenvalue weighted by Crippen LogP contribution is 2.20. The number of aliphatic hydroxyl groups excluding tert-OH is 1. The van der Waals surface area contributed by atoms with Crippen LogP contribution in [0.15, 0.2) is 11.3 Å². The summed E-state index contributed by atoms with van der Waals surface area (Å²) in [6.45, 7) is 9.71. The van der Waals surface area contributed by atoms with Gasteiger partial charge in [-0.1, -0.05) is 43.2 Å². The molecular weight excluding hydrogens is 216 g/mol. The SMILES string of the molecule is CC(C)=C[SiH2]CCC[Si](C)(C)CCCO. The third-order valence-electron chi connectivity index (χ3n) is 2.87. The zero-order valence-electron chi connectivity index (χ0n) is 11.0. The van der Waals surface area contributed by atoms with E-state index < -0.39 is 8.07 Å². The number of hydrogen-bond donors (Lipinski definition) is 1. The van der Waals surface area contributed by atoms with Crippen molar-refractivity contribution in [2.24, 2.45) is 0 Å². The van der Waals surface area contributed by atoms with Gasteiger partial charge in [0.15, 0.2) is 0 Å². The van der Waals surface area contributed by atoms with Gasteiger partial charge >= 0.3 is 0 Å². The highest BCUT2D eigenvalue weighted by atomic mass is 28.3. The predicted molar refractivity (Wildman–Crippen MR) is 76.2 cm³/mol. The van der Waals surface area contributed by atoms with Gasteiger partial charge < -0.3 is 5.11 Å². The number of rotatable bonds is 8. The summed E-state index contributed by atoms with van der Waals surface area (Å²) in [4.78, 5) is 0. The van der Waals surface area contributed by atoms with Crippen LogP contribution in [0.2, 0.25) is 31.2 Å². The first kappa shape index (κ1) is 15.1. The molecule has 0 fully saturated rings. The van der Waals surface area contributed by atoms with Crippen molar-refractivity contribution >= 4 is 17.6 Å². The van der Waals surface area contributed by atoms with Crippen molar-refractivity contribution in [2.75, 3.05) is 6.61 Å². The van der Waals surface area contributed by atoms with E-state index in [0.717, 1.165) is 6.42 Å². The minimum Gasteiger partial charge on any atom is -0.396 e. The summed E-state index contributed by atoms with van der Waals surface area (Å²) in [5.74, 6) is 0. The molecule has 15 heavy (non-hydrogen) atoms. The maximum Gasteiger partial charge on any atom is 0.0474 e. The van der Waals surface area contributed by atoms with E-state index in [-0.39, 0.29) is 9.52 Å². The van der Waals surface area contributed by atoms with Gasteiger partial charge in [-0.3, -0.25) is 0 Å². The van der Waals surface area contributed by atoms with Gasteiger partial charge in [-0.25, -0.2) is 0 Å². The van der Waals surface area contributed by atoms with Crippen LogP contribution in [-0.2, 0) is 0 Å². The van der Waals surface area contributed by atoms with Gasteiger partial charge in [-0.15, -0.1) is 5.70 Å². The highest BCUT2D eigenvalue weighted by molar-refractivity contribution is 6.77. The van der Waals surface area contributed by atoms with Crippen LogP contribution in [0.5, 0.6) is 0 Å². The summed E-state index contributed by atoms with van der Waals surface area (Å²) >= 11 is 0. The Labute approximate surface area is 98.8 Å². The van der Waals surface area contributed by atoms with Crippen molar-refractivity contribution < 1.29 is 5.11 Å². The first-order valence-electron chi connectivity index (χ1n) is 6.22.